The molecule has 0 atom stereocenters. The molecule has 1 saturated heterocycles. The van der Waals surface area contributed by atoms with Gasteiger partial charge in [0.25, 0.3) is 0 Å². The molecule has 0 radical (unpaired) electrons. The summed E-state index contributed by atoms with van der Waals surface area (Å²) in [6, 6.07) is 6.95. The van der Waals surface area contributed by atoms with Gasteiger partial charge in [-0.05, 0) is 24.6 Å². The van der Waals surface area contributed by atoms with Gasteiger partial charge in [0.2, 0.25) is 0 Å². The van der Waals surface area contributed by atoms with E-state index in [1.807, 2.05) is 31.2 Å². The summed E-state index contributed by atoms with van der Waals surface area (Å²) in [5, 5.41) is 0. The van der Waals surface area contributed by atoms with E-state index in [1.165, 1.54) is 15.7 Å². The molecule has 1 aliphatic heterocycles. The number of imide groups is 1. The number of carbonyl (C=O) groups excluding carboxylic acids is 2. The first kappa shape index (κ1) is 11.8. The van der Waals surface area contributed by atoms with Crippen LogP contribution in [0.15, 0.2) is 24.3 Å². The van der Waals surface area contributed by atoms with Crippen molar-refractivity contribution in [3.63, 3.8) is 0 Å². The van der Waals surface area contributed by atoms with Crippen molar-refractivity contribution in [2.45, 2.75) is 6.92 Å². The molecule has 0 N–H and O–H groups in total. The van der Waals surface area contributed by atoms with Crippen LogP contribution in [0.3, 0.4) is 0 Å². The van der Waals surface area contributed by atoms with Crippen LogP contribution in [-0.4, -0.2) is 35.4 Å². The first-order chi connectivity index (χ1) is 8.00. The van der Waals surface area contributed by atoms with Gasteiger partial charge in [0.15, 0.2) is 0 Å². The second kappa shape index (κ2) is 4.29. The Labute approximate surface area is 104 Å². The van der Waals surface area contributed by atoms with Crippen LogP contribution >= 0.6 is 12.1 Å². The van der Waals surface area contributed by atoms with Gasteiger partial charge in [-0.2, -0.15) is 0 Å². The van der Waals surface area contributed by atoms with Crippen molar-refractivity contribution >= 4 is 29.9 Å². The maximum atomic E-state index is 12.0. The standard InChI is InChI=1S/C11H13N3O2S/c1-8-5-4-6-9(7-8)14-11(16)12(2)10(15)13(3)17-14/h4-7H,1-3H3. The van der Waals surface area contributed by atoms with E-state index in [2.05, 4.69) is 0 Å². The van der Waals surface area contributed by atoms with Gasteiger partial charge in [-0.3, -0.25) is 4.31 Å². The zero-order valence-corrected chi connectivity index (χ0v) is 10.7. The minimum Gasteiger partial charge on any atom is -0.252 e. The fourth-order valence-electron chi connectivity index (χ4n) is 1.53. The molecule has 1 aromatic rings. The molecule has 6 heteroatoms. The number of aryl methyl sites for hydroxylation is 1. The quantitative estimate of drug-likeness (QED) is 0.720. The van der Waals surface area contributed by atoms with Crippen LogP contribution in [0.5, 0.6) is 0 Å². The predicted octanol–water partition coefficient (Wildman–Crippen LogP) is 2.48. The fraction of sp³-hybridized carbons (Fsp3) is 0.273. The number of anilines is 1. The molecule has 2 rings (SSSR count). The highest BCUT2D eigenvalue weighted by molar-refractivity contribution is 7.99. The van der Waals surface area contributed by atoms with E-state index in [9.17, 15) is 9.59 Å². The van der Waals surface area contributed by atoms with Gasteiger partial charge in [0.05, 0.1) is 17.8 Å². The molecule has 0 aromatic heterocycles. The molecular formula is C11H13N3O2S. The molecule has 1 heterocycles. The first-order valence-corrected chi connectivity index (χ1v) is 5.84. The zero-order chi connectivity index (χ0) is 12.6. The maximum absolute atomic E-state index is 12.0. The Balaban J connectivity index is 2.33. The van der Waals surface area contributed by atoms with Crippen molar-refractivity contribution in [3.05, 3.63) is 29.8 Å². The van der Waals surface area contributed by atoms with Crippen molar-refractivity contribution in [1.82, 2.24) is 9.21 Å². The van der Waals surface area contributed by atoms with E-state index in [1.54, 1.807) is 7.05 Å². The summed E-state index contributed by atoms with van der Waals surface area (Å²) < 4.78 is 2.91. The Morgan fingerprint density at radius 3 is 2.47 bits per heavy atom. The third-order valence-corrected chi connectivity index (χ3v) is 3.39. The van der Waals surface area contributed by atoms with E-state index in [4.69, 9.17) is 0 Å². The average molecular weight is 251 g/mol. The second-order valence-corrected chi connectivity index (χ2v) is 4.91. The summed E-state index contributed by atoms with van der Waals surface area (Å²) in [5.41, 5.74) is 1.84. The number of hydrogen-bond acceptors (Lipinski definition) is 3. The summed E-state index contributed by atoms with van der Waals surface area (Å²) in [7, 11) is 3.11. The van der Waals surface area contributed by atoms with E-state index in [0.29, 0.717) is 0 Å². The molecule has 5 nitrogen and oxygen atoms in total. The third-order valence-electron chi connectivity index (χ3n) is 2.46. The van der Waals surface area contributed by atoms with E-state index in [0.717, 1.165) is 28.3 Å². The van der Waals surface area contributed by atoms with Crippen molar-refractivity contribution in [3.8, 4) is 0 Å². The Morgan fingerprint density at radius 1 is 1.12 bits per heavy atom. The van der Waals surface area contributed by atoms with Crippen molar-refractivity contribution in [1.29, 1.82) is 0 Å². The molecule has 17 heavy (non-hydrogen) atoms. The number of carbonyl (C=O) groups is 2. The minimum absolute atomic E-state index is 0.316. The Kier molecular flexibility index (Phi) is 2.97. The predicted molar refractivity (Wildman–Crippen MR) is 67.6 cm³/mol. The van der Waals surface area contributed by atoms with Crippen LogP contribution in [0, 0.1) is 6.92 Å². The van der Waals surface area contributed by atoms with Gasteiger partial charge in [0, 0.05) is 14.1 Å². The lowest BCUT2D eigenvalue weighted by molar-refractivity contribution is 0.189. The third kappa shape index (κ3) is 2.08. The van der Waals surface area contributed by atoms with Gasteiger partial charge >= 0.3 is 12.1 Å². The number of nitrogens with zero attached hydrogens (tertiary/aromatic N) is 3. The summed E-state index contributed by atoms with van der Waals surface area (Å²) >= 11 is 1.09. The number of benzene rings is 1. The molecule has 4 amide bonds. The number of amides is 4. The molecule has 0 saturated carbocycles. The molecule has 1 aliphatic rings. The molecule has 0 unspecified atom stereocenters. The largest absolute Gasteiger partial charge is 0.344 e. The van der Waals surface area contributed by atoms with Crippen LogP contribution < -0.4 is 4.31 Å². The molecule has 1 aromatic carbocycles. The van der Waals surface area contributed by atoms with Gasteiger partial charge in [-0.1, -0.05) is 12.1 Å². The summed E-state index contributed by atoms with van der Waals surface area (Å²) in [4.78, 5) is 24.6. The average Bonchev–Trinajstić information content (AvgIpc) is 2.31. The van der Waals surface area contributed by atoms with E-state index in [-0.39, 0.29) is 12.1 Å². The van der Waals surface area contributed by atoms with Crippen molar-refractivity contribution < 1.29 is 9.59 Å². The maximum Gasteiger partial charge on any atom is 0.344 e. The molecule has 0 aliphatic carbocycles. The minimum atomic E-state index is -0.330. The topological polar surface area (TPSA) is 43.9 Å². The molecule has 1 fully saturated rings. The first-order valence-electron chi connectivity index (χ1n) is 5.11. The summed E-state index contributed by atoms with van der Waals surface area (Å²) in [6.07, 6.45) is 0. The van der Waals surface area contributed by atoms with Crippen molar-refractivity contribution in [2.24, 2.45) is 0 Å². The van der Waals surface area contributed by atoms with Crippen LogP contribution in [0.25, 0.3) is 0 Å². The van der Waals surface area contributed by atoms with E-state index < -0.39 is 0 Å². The smallest absolute Gasteiger partial charge is 0.252 e. The lowest BCUT2D eigenvalue weighted by Crippen LogP contribution is -2.51. The van der Waals surface area contributed by atoms with E-state index >= 15 is 0 Å². The molecular weight excluding hydrogens is 238 g/mol. The molecule has 0 bridgehead atoms. The van der Waals surface area contributed by atoms with Crippen LogP contribution in [0.2, 0.25) is 0 Å². The van der Waals surface area contributed by atoms with Gasteiger partial charge < -0.3 is 0 Å². The zero-order valence-electron chi connectivity index (χ0n) is 9.88. The highest BCUT2D eigenvalue weighted by Gasteiger charge is 2.35. The Morgan fingerprint density at radius 2 is 1.82 bits per heavy atom. The SMILES string of the molecule is Cc1cccc(N2SN(C)C(=O)N(C)C2=O)c1. The van der Waals surface area contributed by atoms with Gasteiger partial charge in [-0.25, -0.2) is 18.8 Å². The lowest BCUT2D eigenvalue weighted by Gasteiger charge is -2.35. The second-order valence-electron chi connectivity index (χ2n) is 3.84. The number of rotatable bonds is 1. The molecule has 90 valence electrons. The van der Waals surface area contributed by atoms with Gasteiger partial charge in [-0.15, -0.1) is 0 Å². The monoisotopic (exact) mass is 251 g/mol. The van der Waals surface area contributed by atoms with Crippen molar-refractivity contribution in [2.75, 3.05) is 18.4 Å². The van der Waals surface area contributed by atoms with Crippen LogP contribution in [0.1, 0.15) is 5.56 Å². The van der Waals surface area contributed by atoms with Crippen LogP contribution in [0.4, 0.5) is 15.3 Å². The summed E-state index contributed by atoms with van der Waals surface area (Å²) in [6.45, 7) is 1.96. The lowest BCUT2D eigenvalue weighted by atomic mass is 10.2. The highest BCUT2D eigenvalue weighted by atomic mass is 32.2. The normalized spacial score (nSPS) is 16.8. The number of urea groups is 2. The summed E-state index contributed by atoms with van der Waals surface area (Å²) in [5.74, 6) is 0. The number of hydrogen-bond donors (Lipinski definition) is 0. The highest BCUT2D eigenvalue weighted by Crippen LogP contribution is 2.30. The van der Waals surface area contributed by atoms with Crippen LogP contribution in [-0.2, 0) is 0 Å². The Hall–Kier alpha value is -1.69. The Bertz CT molecular complexity index is 478. The molecule has 0 spiro atoms. The van der Waals surface area contributed by atoms with Gasteiger partial charge in [0.1, 0.15) is 0 Å². The fourth-order valence-corrected chi connectivity index (χ4v) is 2.37.